The van der Waals surface area contributed by atoms with Crippen LogP contribution in [0.2, 0.25) is 0 Å². The van der Waals surface area contributed by atoms with Crippen LogP contribution in [0, 0.1) is 0 Å². The molecule has 3 nitrogen and oxygen atoms in total. The highest BCUT2D eigenvalue weighted by molar-refractivity contribution is 5.96. The van der Waals surface area contributed by atoms with Crippen LogP contribution in [0.25, 0.3) is 0 Å². The van der Waals surface area contributed by atoms with Gasteiger partial charge in [-0.3, -0.25) is 4.79 Å². The van der Waals surface area contributed by atoms with Crippen LogP contribution in [0.5, 0.6) is 11.5 Å². The summed E-state index contributed by atoms with van der Waals surface area (Å²) in [5, 5.41) is 9.50. The topological polar surface area (TPSA) is 46.5 Å². The molecule has 0 saturated heterocycles. The van der Waals surface area contributed by atoms with Gasteiger partial charge in [0.05, 0.1) is 7.11 Å². The van der Waals surface area contributed by atoms with Gasteiger partial charge >= 0.3 is 0 Å². The van der Waals surface area contributed by atoms with E-state index in [1.807, 2.05) is 44.2 Å². The second kappa shape index (κ2) is 8.80. The van der Waals surface area contributed by atoms with Gasteiger partial charge in [-0.25, -0.2) is 0 Å². The van der Waals surface area contributed by atoms with E-state index >= 15 is 0 Å². The summed E-state index contributed by atoms with van der Waals surface area (Å²) in [4.78, 5) is 12.0. The van der Waals surface area contributed by atoms with Gasteiger partial charge in [0.15, 0.2) is 17.3 Å². The van der Waals surface area contributed by atoms with E-state index in [2.05, 4.69) is 0 Å². The van der Waals surface area contributed by atoms with Gasteiger partial charge in [-0.1, -0.05) is 50.2 Å². The number of carbonyl (C=O) groups excluding carboxylic acids is 1. The maximum absolute atomic E-state index is 12.0. The van der Waals surface area contributed by atoms with Crippen molar-refractivity contribution < 1.29 is 14.6 Å². The van der Waals surface area contributed by atoms with Gasteiger partial charge in [-0.05, 0) is 24.1 Å². The maximum atomic E-state index is 12.0. The lowest BCUT2D eigenvalue weighted by molar-refractivity contribution is 0.0983. The number of ether oxygens (including phenoxy) is 1. The van der Waals surface area contributed by atoms with Gasteiger partial charge in [0, 0.05) is 12.0 Å². The standard InChI is InChI=1S/C16H16O3.C2H6/c1-19-16-11-12(8-10-15(16)18)7-9-14(17)13-5-3-2-4-6-13;1-2/h2-6,8,10-11,18H,7,9H2,1H3;1-2H3. The number of Topliss-reactive ketones (excluding diaryl/α,β-unsaturated/α-hetero) is 1. The van der Waals surface area contributed by atoms with Crippen molar-refractivity contribution in [1.29, 1.82) is 0 Å². The normalized spacial score (nSPS) is 9.48. The zero-order valence-electron chi connectivity index (χ0n) is 12.8. The smallest absolute Gasteiger partial charge is 0.163 e. The largest absolute Gasteiger partial charge is 0.504 e. The van der Waals surface area contributed by atoms with Crippen LogP contribution in [0.3, 0.4) is 0 Å². The number of methoxy groups -OCH3 is 1. The Labute approximate surface area is 126 Å². The minimum Gasteiger partial charge on any atom is -0.504 e. The first-order valence-corrected chi connectivity index (χ1v) is 7.15. The average Bonchev–Trinajstić information content (AvgIpc) is 2.56. The van der Waals surface area contributed by atoms with Crippen LogP contribution in [-0.2, 0) is 6.42 Å². The summed E-state index contributed by atoms with van der Waals surface area (Å²) < 4.78 is 5.04. The molecular weight excluding hydrogens is 264 g/mol. The molecule has 0 aliphatic rings. The SMILES string of the molecule is CC.COc1cc(CCC(=O)c2ccccc2)ccc1O. The van der Waals surface area contributed by atoms with Gasteiger partial charge in [-0.2, -0.15) is 0 Å². The van der Waals surface area contributed by atoms with E-state index in [4.69, 9.17) is 4.74 Å². The summed E-state index contributed by atoms with van der Waals surface area (Å²) in [7, 11) is 1.51. The fourth-order valence-corrected chi connectivity index (χ4v) is 1.90. The van der Waals surface area contributed by atoms with Gasteiger partial charge in [0.2, 0.25) is 0 Å². The first-order valence-electron chi connectivity index (χ1n) is 7.15. The third-order valence-corrected chi connectivity index (χ3v) is 2.98. The predicted octanol–water partition coefficient (Wildman–Crippen LogP) is 4.24. The lowest BCUT2D eigenvalue weighted by Gasteiger charge is -2.06. The Hall–Kier alpha value is -2.29. The maximum Gasteiger partial charge on any atom is 0.163 e. The van der Waals surface area contributed by atoms with Crippen molar-refractivity contribution in [1.82, 2.24) is 0 Å². The summed E-state index contributed by atoms with van der Waals surface area (Å²) in [6.07, 6.45) is 1.07. The summed E-state index contributed by atoms with van der Waals surface area (Å²) in [6, 6.07) is 14.4. The van der Waals surface area contributed by atoms with Crippen LogP contribution in [0.15, 0.2) is 48.5 Å². The monoisotopic (exact) mass is 286 g/mol. The Kier molecular flexibility index (Phi) is 7.02. The molecule has 0 aliphatic heterocycles. The van der Waals surface area contributed by atoms with Gasteiger partial charge in [-0.15, -0.1) is 0 Å². The molecule has 0 aliphatic carbocycles. The fourth-order valence-electron chi connectivity index (χ4n) is 1.90. The third-order valence-electron chi connectivity index (χ3n) is 2.98. The molecule has 0 unspecified atom stereocenters. The predicted molar refractivity (Wildman–Crippen MR) is 85.1 cm³/mol. The highest BCUT2D eigenvalue weighted by Gasteiger charge is 2.07. The number of benzene rings is 2. The molecule has 3 heteroatoms. The number of phenolic OH excluding ortho intramolecular Hbond substituents is 1. The Balaban J connectivity index is 0.00000106. The molecule has 1 N–H and O–H groups in total. The number of carbonyl (C=O) groups is 1. The van der Waals surface area contributed by atoms with Crippen LogP contribution >= 0.6 is 0 Å². The molecule has 0 fully saturated rings. The highest BCUT2D eigenvalue weighted by Crippen LogP contribution is 2.26. The van der Waals surface area contributed by atoms with E-state index in [0.29, 0.717) is 18.6 Å². The Morgan fingerprint density at radius 2 is 1.76 bits per heavy atom. The lowest BCUT2D eigenvalue weighted by Crippen LogP contribution is -2.01. The van der Waals surface area contributed by atoms with Crippen LogP contribution < -0.4 is 4.74 Å². The van der Waals surface area contributed by atoms with Gasteiger partial charge in [0.25, 0.3) is 0 Å². The molecule has 0 heterocycles. The Morgan fingerprint density at radius 1 is 1.10 bits per heavy atom. The van der Waals surface area contributed by atoms with E-state index in [-0.39, 0.29) is 11.5 Å². The van der Waals surface area contributed by atoms with Gasteiger partial charge < -0.3 is 9.84 Å². The van der Waals surface area contributed by atoms with Crippen LogP contribution in [0.4, 0.5) is 0 Å². The van der Waals surface area contributed by atoms with Crippen molar-refractivity contribution >= 4 is 5.78 Å². The first-order chi connectivity index (χ1) is 10.2. The number of hydrogen-bond donors (Lipinski definition) is 1. The van der Waals surface area contributed by atoms with Crippen molar-refractivity contribution in [2.75, 3.05) is 7.11 Å². The molecule has 0 aromatic heterocycles. The molecule has 0 amide bonds. The summed E-state index contributed by atoms with van der Waals surface area (Å²) in [5.74, 6) is 0.665. The first kappa shape index (κ1) is 16.8. The Bertz CT molecular complexity index is 562. The van der Waals surface area contributed by atoms with E-state index in [9.17, 15) is 9.90 Å². The fraction of sp³-hybridized carbons (Fsp3) is 0.278. The Morgan fingerprint density at radius 3 is 2.38 bits per heavy atom. The molecule has 2 aromatic carbocycles. The molecule has 2 rings (SSSR count). The number of aromatic hydroxyl groups is 1. The third kappa shape index (κ3) is 4.95. The number of hydrogen-bond acceptors (Lipinski definition) is 3. The number of rotatable bonds is 5. The van der Waals surface area contributed by atoms with E-state index in [0.717, 1.165) is 11.1 Å². The average molecular weight is 286 g/mol. The molecule has 2 aromatic rings. The molecule has 0 spiro atoms. The number of ketones is 1. The second-order valence-corrected chi connectivity index (χ2v) is 4.30. The van der Waals surface area contributed by atoms with Crippen molar-refractivity contribution in [3.05, 3.63) is 59.7 Å². The van der Waals surface area contributed by atoms with Crippen LogP contribution in [0.1, 0.15) is 36.2 Å². The van der Waals surface area contributed by atoms with Crippen molar-refractivity contribution in [2.24, 2.45) is 0 Å². The van der Waals surface area contributed by atoms with Crippen molar-refractivity contribution in [3.63, 3.8) is 0 Å². The van der Waals surface area contributed by atoms with E-state index in [1.54, 1.807) is 18.2 Å². The zero-order valence-corrected chi connectivity index (χ0v) is 12.8. The molecular formula is C18H22O3. The number of aryl methyl sites for hydroxylation is 1. The van der Waals surface area contributed by atoms with Gasteiger partial charge in [0.1, 0.15) is 0 Å². The van der Waals surface area contributed by atoms with Crippen LogP contribution in [-0.4, -0.2) is 18.0 Å². The molecule has 0 bridgehead atoms. The quantitative estimate of drug-likeness (QED) is 0.836. The second-order valence-electron chi connectivity index (χ2n) is 4.30. The number of phenols is 1. The van der Waals surface area contributed by atoms with Crippen molar-refractivity contribution in [3.8, 4) is 11.5 Å². The van der Waals surface area contributed by atoms with E-state index in [1.165, 1.54) is 7.11 Å². The minimum atomic E-state index is 0.112. The highest BCUT2D eigenvalue weighted by atomic mass is 16.5. The van der Waals surface area contributed by atoms with E-state index < -0.39 is 0 Å². The molecule has 21 heavy (non-hydrogen) atoms. The molecule has 0 saturated carbocycles. The summed E-state index contributed by atoms with van der Waals surface area (Å²) in [6.45, 7) is 4.00. The minimum absolute atomic E-state index is 0.112. The van der Waals surface area contributed by atoms with Crippen molar-refractivity contribution in [2.45, 2.75) is 26.7 Å². The molecule has 112 valence electrons. The zero-order chi connectivity index (χ0) is 15.7. The molecule has 0 atom stereocenters. The lowest BCUT2D eigenvalue weighted by atomic mass is 10.0. The summed E-state index contributed by atoms with van der Waals surface area (Å²) in [5.41, 5.74) is 1.70. The summed E-state index contributed by atoms with van der Waals surface area (Å²) >= 11 is 0. The molecule has 0 radical (unpaired) electrons.